The molecule has 0 bridgehead atoms. The van der Waals surface area contributed by atoms with Gasteiger partial charge in [-0.05, 0) is 36.9 Å². The summed E-state index contributed by atoms with van der Waals surface area (Å²) in [7, 11) is 1.78. The molecule has 0 amide bonds. The van der Waals surface area contributed by atoms with Crippen molar-refractivity contribution in [3.8, 4) is 0 Å². The Bertz CT molecular complexity index is 552. The number of aromatic nitrogens is 1. The Labute approximate surface area is 82.8 Å². The van der Waals surface area contributed by atoms with Crippen molar-refractivity contribution in [3.63, 3.8) is 0 Å². The topological polar surface area (TPSA) is 22.0 Å². The summed E-state index contributed by atoms with van der Waals surface area (Å²) in [6.07, 6.45) is 1.81. The normalized spacial score (nSPS) is 10.8. The molecule has 0 saturated carbocycles. The summed E-state index contributed by atoms with van der Waals surface area (Å²) in [5.74, 6) is 0. The van der Waals surface area contributed by atoms with E-state index in [0.29, 0.717) is 0 Å². The molecule has 1 aromatic carbocycles. The van der Waals surface area contributed by atoms with E-state index >= 15 is 0 Å². The Hall–Kier alpha value is -1.57. The Balaban J connectivity index is 3.03. The van der Waals surface area contributed by atoms with Gasteiger partial charge in [-0.3, -0.25) is 4.79 Å². The summed E-state index contributed by atoms with van der Waals surface area (Å²) in [5.41, 5.74) is 2.38. The van der Waals surface area contributed by atoms with E-state index in [0.717, 1.165) is 21.9 Å². The summed E-state index contributed by atoms with van der Waals surface area (Å²) in [6.45, 7) is 4.05. The monoisotopic (exact) mass is 187 g/mol. The van der Waals surface area contributed by atoms with E-state index in [9.17, 15) is 4.79 Å². The van der Waals surface area contributed by atoms with Crippen LogP contribution in [0.2, 0.25) is 0 Å². The second-order valence-electron chi connectivity index (χ2n) is 3.77. The molecular weight excluding hydrogens is 174 g/mol. The van der Waals surface area contributed by atoms with Crippen molar-refractivity contribution in [2.45, 2.75) is 13.8 Å². The molecule has 0 unspecified atom stereocenters. The van der Waals surface area contributed by atoms with Gasteiger partial charge in [-0.2, -0.15) is 0 Å². The molecule has 0 spiro atoms. The summed E-state index contributed by atoms with van der Waals surface area (Å²) in [6, 6.07) is 6.04. The molecule has 0 radical (unpaired) electrons. The first-order valence-electron chi connectivity index (χ1n) is 4.66. The molecular formula is C12H13NO. The lowest BCUT2D eigenvalue weighted by Crippen LogP contribution is -2.15. The highest BCUT2D eigenvalue weighted by atomic mass is 16.1. The maximum atomic E-state index is 11.8. The third kappa shape index (κ3) is 1.23. The number of rotatable bonds is 0. The molecule has 0 N–H and O–H groups in total. The quantitative estimate of drug-likeness (QED) is 0.619. The zero-order chi connectivity index (χ0) is 10.3. The number of fused-ring (bicyclic) bond motifs is 1. The van der Waals surface area contributed by atoms with Gasteiger partial charge in [-0.1, -0.05) is 11.6 Å². The molecule has 14 heavy (non-hydrogen) atoms. The van der Waals surface area contributed by atoms with Crippen molar-refractivity contribution in [2.75, 3.05) is 0 Å². The molecule has 1 heterocycles. The van der Waals surface area contributed by atoms with Crippen molar-refractivity contribution >= 4 is 10.8 Å². The fourth-order valence-corrected chi connectivity index (χ4v) is 1.82. The molecule has 2 aromatic rings. The van der Waals surface area contributed by atoms with Gasteiger partial charge in [-0.15, -0.1) is 0 Å². The fourth-order valence-electron chi connectivity index (χ4n) is 1.82. The first-order chi connectivity index (χ1) is 6.59. The van der Waals surface area contributed by atoms with Gasteiger partial charge < -0.3 is 4.57 Å². The minimum Gasteiger partial charge on any atom is -0.318 e. The average Bonchev–Trinajstić information content (AvgIpc) is 2.12. The second kappa shape index (κ2) is 2.98. The van der Waals surface area contributed by atoms with Crippen LogP contribution in [0.15, 0.2) is 29.2 Å². The van der Waals surface area contributed by atoms with Gasteiger partial charge in [0.15, 0.2) is 0 Å². The third-order valence-electron chi connectivity index (χ3n) is 2.55. The molecule has 0 saturated heterocycles. The van der Waals surface area contributed by atoms with Crippen LogP contribution in [-0.2, 0) is 7.05 Å². The summed E-state index contributed by atoms with van der Waals surface area (Å²) >= 11 is 0. The Morgan fingerprint density at radius 3 is 2.57 bits per heavy atom. The first-order valence-corrected chi connectivity index (χ1v) is 4.66. The summed E-state index contributed by atoms with van der Waals surface area (Å²) in [4.78, 5) is 11.8. The number of hydrogen-bond donors (Lipinski definition) is 0. The Morgan fingerprint density at radius 1 is 1.14 bits per heavy atom. The lowest BCUT2D eigenvalue weighted by molar-refractivity contribution is 0.873. The minimum atomic E-state index is 0.0781. The van der Waals surface area contributed by atoms with Crippen molar-refractivity contribution < 1.29 is 0 Å². The van der Waals surface area contributed by atoms with Gasteiger partial charge in [0, 0.05) is 18.6 Å². The van der Waals surface area contributed by atoms with Crippen LogP contribution in [0.5, 0.6) is 0 Å². The Kier molecular flexibility index (Phi) is 1.92. The highest BCUT2D eigenvalue weighted by molar-refractivity contribution is 5.85. The molecule has 2 nitrogen and oxygen atoms in total. The zero-order valence-electron chi connectivity index (χ0n) is 8.66. The van der Waals surface area contributed by atoms with Gasteiger partial charge in [0.1, 0.15) is 0 Å². The lowest BCUT2D eigenvalue weighted by Gasteiger charge is -2.05. The van der Waals surface area contributed by atoms with Crippen LogP contribution in [0, 0.1) is 13.8 Å². The molecule has 0 aliphatic carbocycles. The van der Waals surface area contributed by atoms with Crippen LogP contribution in [0.1, 0.15) is 11.1 Å². The number of nitrogens with zero attached hydrogens (tertiary/aromatic N) is 1. The van der Waals surface area contributed by atoms with Gasteiger partial charge in [0.2, 0.25) is 0 Å². The Morgan fingerprint density at radius 2 is 1.86 bits per heavy atom. The fraction of sp³-hybridized carbons (Fsp3) is 0.250. The number of aryl methyl sites for hydroxylation is 3. The maximum Gasteiger partial charge on any atom is 0.258 e. The van der Waals surface area contributed by atoms with E-state index in [-0.39, 0.29) is 5.56 Å². The minimum absolute atomic E-state index is 0.0781. The predicted molar refractivity (Wildman–Crippen MR) is 58.7 cm³/mol. The molecule has 1 aromatic heterocycles. The standard InChI is InChI=1S/C12H13NO/c1-8-6-9(2)10-4-5-13(3)12(14)11(10)7-8/h4-7H,1-3H3. The molecule has 0 aliphatic rings. The van der Waals surface area contributed by atoms with E-state index in [1.807, 2.05) is 32.2 Å². The van der Waals surface area contributed by atoms with E-state index in [1.54, 1.807) is 11.6 Å². The summed E-state index contributed by atoms with van der Waals surface area (Å²) < 4.78 is 1.61. The van der Waals surface area contributed by atoms with Crippen LogP contribution >= 0.6 is 0 Å². The van der Waals surface area contributed by atoms with Crippen LogP contribution < -0.4 is 5.56 Å². The molecule has 2 heteroatoms. The second-order valence-corrected chi connectivity index (χ2v) is 3.77. The van der Waals surface area contributed by atoms with Crippen LogP contribution in [0.25, 0.3) is 10.8 Å². The smallest absolute Gasteiger partial charge is 0.258 e. The third-order valence-corrected chi connectivity index (χ3v) is 2.55. The van der Waals surface area contributed by atoms with Crippen LogP contribution in [-0.4, -0.2) is 4.57 Å². The lowest BCUT2D eigenvalue weighted by atomic mass is 10.0. The van der Waals surface area contributed by atoms with Gasteiger partial charge in [0.25, 0.3) is 5.56 Å². The van der Waals surface area contributed by atoms with Gasteiger partial charge >= 0.3 is 0 Å². The van der Waals surface area contributed by atoms with Crippen molar-refractivity contribution in [1.29, 1.82) is 0 Å². The van der Waals surface area contributed by atoms with E-state index in [2.05, 4.69) is 6.07 Å². The number of hydrogen-bond acceptors (Lipinski definition) is 1. The van der Waals surface area contributed by atoms with E-state index < -0.39 is 0 Å². The highest BCUT2D eigenvalue weighted by Gasteiger charge is 2.03. The van der Waals surface area contributed by atoms with Crippen LogP contribution in [0.3, 0.4) is 0 Å². The molecule has 0 fully saturated rings. The van der Waals surface area contributed by atoms with Gasteiger partial charge in [-0.25, -0.2) is 0 Å². The average molecular weight is 187 g/mol. The molecule has 2 rings (SSSR count). The van der Waals surface area contributed by atoms with E-state index in [4.69, 9.17) is 0 Å². The predicted octanol–water partition coefficient (Wildman–Crippen LogP) is 2.16. The first kappa shape index (κ1) is 9.00. The highest BCUT2D eigenvalue weighted by Crippen LogP contribution is 2.16. The maximum absolute atomic E-state index is 11.8. The van der Waals surface area contributed by atoms with E-state index in [1.165, 1.54) is 0 Å². The van der Waals surface area contributed by atoms with Crippen molar-refractivity contribution in [1.82, 2.24) is 4.57 Å². The summed E-state index contributed by atoms with van der Waals surface area (Å²) in [5, 5.41) is 1.87. The largest absolute Gasteiger partial charge is 0.318 e. The number of benzene rings is 1. The van der Waals surface area contributed by atoms with Crippen LogP contribution in [0.4, 0.5) is 0 Å². The van der Waals surface area contributed by atoms with Crippen molar-refractivity contribution in [3.05, 3.63) is 45.9 Å². The number of pyridine rings is 1. The SMILES string of the molecule is Cc1cc(C)c2ccn(C)c(=O)c2c1. The van der Waals surface area contributed by atoms with Gasteiger partial charge in [0.05, 0.1) is 0 Å². The molecule has 72 valence electrons. The zero-order valence-corrected chi connectivity index (χ0v) is 8.66. The molecule has 0 atom stereocenters. The molecule has 0 aliphatic heterocycles. The van der Waals surface area contributed by atoms with Crippen molar-refractivity contribution in [2.24, 2.45) is 7.05 Å².